The Hall–Kier alpha value is -2.13. The lowest BCUT2D eigenvalue weighted by Gasteiger charge is -2.15. The first-order valence-corrected chi connectivity index (χ1v) is 5.84. The second-order valence-corrected chi connectivity index (χ2v) is 4.07. The van der Waals surface area contributed by atoms with Crippen molar-refractivity contribution in [2.45, 2.75) is 6.10 Å². The molecule has 1 amide bonds. The van der Waals surface area contributed by atoms with Gasteiger partial charge in [0, 0.05) is 20.8 Å². The largest absolute Gasteiger partial charge is 0.382 e. The summed E-state index contributed by atoms with van der Waals surface area (Å²) in [5, 5.41) is 12.9. The summed E-state index contributed by atoms with van der Waals surface area (Å²) in [6.07, 6.45) is -0.481. The van der Waals surface area contributed by atoms with Crippen LogP contribution in [-0.4, -0.2) is 44.3 Å². The van der Waals surface area contributed by atoms with Crippen molar-refractivity contribution in [1.29, 1.82) is 0 Å². The first-order valence-electron chi connectivity index (χ1n) is 5.84. The third-order valence-corrected chi connectivity index (χ3v) is 2.64. The molecule has 0 aromatic heterocycles. The number of carbonyl (C=O) groups excluding carboxylic acids is 1. The summed E-state index contributed by atoms with van der Waals surface area (Å²) in [6, 6.07) is 1.00. The van der Waals surface area contributed by atoms with Crippen LogP contribution in [0.2, 0.25) is 0 Å². The van der Waals surface area contributed by atoms with Crippen molar-refractivity contribution >= 4 is 11.6 Å². The highest BCUT2D eigenvalue weighted by Crippen LogP contribution is 2.22. The zero-order valence-corrected chi connectivity index (χ0v) is 11.4. The van der Waals surface area contributed by atoms with Gasteiger partial charge < -0.3 is 14.8 Å². The van der Waals surface area contributed by atoms with Crippen LogP contribution in [0.25, 0.3) is 0 Å². The summed E-state index contributed by atoms with van der Waals surface area (Å²) in [6.45, 7) is 0.162. The molecule has 1 aromatic rings. The fraction of sp³-hybridized carbons (Fsp3) is 0.417. The quantitative estimate of drug-likeness (QED) is 0.605. The van der Waals surface area contributed by atoms with Crippen LogP contribution < -0.4 is 5.32 Å². The average molecular weight is 304 g/mol. The number of hydrogen-bond donors (Lipinski definition) is 1. The van der Waals surface area contributed by atoms with Gasteiger partial charge in [-0.2, -0.15) is 4.39 Å². The molecule has 1 rings (SSSR count). The standard InChI is InChI=1S/C12H14F2N2O5/c1-20-6-8(21-2)5-15-12(17)9-3-7(13)4-10(11(9)14)16(18)19/h3-4,8H,5-6H2,1-2H3,(H,15,17). The van der Waals surface area contributed by atoms with Gasteiger partial charge in [0.2, 0.25) is 5.82 Å². The Labute approximate surface area is 119 Å². The van der Waals surface area contributed by atoms with Gasteiger partial charge in [0.05, 0.1) is 29.3 Å². The Morgan fingerprint density at radius 1 is 1.43 bits per heavy atom. The highest BCUT2D eigenvalue weighted by atomic mass is 19.1. The first-order chi connectivity index (χ1) is 9.90. The number of nitrogens with zero attached hydrogens (tertiary/aromatic N) is 1. The summed E-state index contributed by atoms with van der Waals surface area (Å²) >= 11 is 0. The van der Waals surface area contributed by atoms with E-state index in [9.17, 15) is 23.7 Å². The van der Waals surface area contributed by atoms with E-state index in [1.54, 1.807) is 0 Å². The Bertz CT molecular complexity index is 539. The van der Waals surface area contributed by atoms with Gasteiger partial charge in [0.15, 0.2) is 0 Å². The second kappa shape index (κ2) is 7.60. The highest BCUT2D eigenvalue weighted by molar-refractivity contribution is 5.95. The SMILES string of the molecule is COCC(CNC(=O)c1cc(F)cc([N+](=O)[O-])c1F)OC. The van der Waals surface area contributed by atoms with Crippen LogP contribution in [0, 0.1) is 21.7 Å². The molecule has 0 saturated heterocycles. The van der Waals surface area contributed by atoms with Crippen molar-refractivity contribution in [2.24, 2.45) is 0 Å². The number of hydrogen-bond acceptors (Lipinski definition) is 5. The van der Waals surface area contributed by atoms with E-state index in [0.29, 0.717) is 12.1 Å². The maximum Gasteiger partial charge on any atom is 0.308 e. The summed E-state index contributed by atoms with van der Waals surface area (Å²) in [5.41, 5.74) is -1.84. The molecule has 0 fully saturated rings. The van der Waals surface area contributed by atoms with E-state index in [1.165, 1.54) is 14.2 Å². The molecule has 1 N–H and O–H groups in total. The summed E-state index contributed by atoms with van der Waals surface area (Å²) in [4.78, 5) is 21.3. The van der Waals surface area contributed by atoms with E-state index < -0.39 is 39.8 Å². The van der Waals surface area contributed by atoms with Crippen LogP contribution in [0.3, 0.4) is 0 Å². The minimum Gasteiger partial charge on any atom is -0.382 e. The smallest absolute Gasteiger partial charge is 0.308 e. The molecule has 1 atom stereocenters. The molecule has 0 radical (unpaired) electrons. The number of nitro groups is 1. The average Bonchev–Trinajstić information content (AvgIpc) is 2.44. The molecule has 21 heavy (non-hydrogen) atoms. The molecule has 0 aliphatic carbocycles. The summed E-state index contributed by atoms with van der Waals surface area (Å²) in [5.74, 6) is -3.44. The fourth-order valence-electron chi connectivity index (χ4n) is 1.57. The molecular weight excluding hydrogens is 290 g/mol. The second-order valence-electron chi connectivity index (χ2n) is 4.07. The van der Waals surface area contributed by atoms with Gasteiger partial charge in [-0.15, -0.1) is 0 Å². The number of benzene rings is 1. The topological polar surface area (TPSA) is 90.7 Å². The van der Waals surface area contributed by atoms with E-state index in [2.05, 4.69) is 5.32 Å². The number of methoxy groups -OCH3 is 2. The third kappa shape index (κ3) is 4.43. The maximum absolute atomic E-state index is 13.8. The highest BCUT2D eigenvalue weighted by Gasteiger charge is 2.24. The molecule has 1 unspecified atom stereocenters. The number of halogens is 2. The first kappa shape index (κ1) is 16.9. The molecule has 0 heterocycles. The van der Waals surface area contributed by atoms with Crippen molar-refractivity contribution in [3.8, 4) is 0 Å². The zero-order chi connectivity index (χ0) is 16.0. The van der Waals surface area contributed by atoms with Gasteiger partial charge in [0.25, 0.3) is 5.91 Å². The number of nitrogens with one attached hydrogen (secondary N) is 1. The van der Waals surface area contributed by atoms with Gasteiger partial charge in [0.1, 0.15) is 5.82 Å². The zero-order valence-electron chi connectivity index (χ0n) is 11.4. The Morgan fingerprint density at radius 3 is 2.62 bits per heavy atom. The van der Waals surface area contributed by atoms with E-state index in [1.807, 2.05) is 0 Å². The minimum absolute atomic E-state index is 0.0209. The van der Waals surface area contributed by atoms with E-state index in [-0.39, 0.29) is 13.2 Å². The van der Waals surface area contributed by atoms with Crippen LogP contribution in [0.1, 0.15) is 10.4 Å². The van der Waals surface area contributed by atoms with E-state index in [0.717, 1.165) is 0 Å². The monoisotopic (exact) mass is 304 g/mol. The van der Waals surface area contributed by atoms with Crippen LogP contribution in [0.15, 0.2) is 12.1 Å². The van der Waals surface area contributed by atoms with Gasteiger partial charge >= 0.3 is 5.69 Å². The summed E-state index contributed by atoms with van der Waals surface area (Å²) < 4.78 is 36.8. The van der Waals surface area contributed by atoms with Crippen LogP contribution >= 0.6 is 0 Å². The molecular formula is C12H14F2N2O5. The number of nitro benzene ring substituents is 1. The van der Waals surface area contributed by atoms with Crippen molar-refractivity contribution < 1.29 is 28.0 Å². The Kier molecular flexibility index (Phi) is 6.12. The lowest BCUT2D eigenvalue weighted by molar-refractivity contribution is -0.387. The van der Waals surface area contributed by atoms with Gasteiger partial charge in [-0.25, -0.2) is 4.39 Å². The number of amides is 1. The molecule has 116 valence electrons. The number of ether oxygens (including phenoxy) is 2. The number of carbonyl (C=O) groups is 1. The van der Waals surface area contributed by atoms with Crippen LogP contribution in [-0.2, 0) is 9.47 Å². The predicted molar refractivity (Wildman–Crippen MR) is 68.0 cm³/mol. The molecule has 0 spiro atoms. The summed E-state index contributed by atoms with van der Waals surface area (Å²) in [7, 11) is 2.83. The van der Waals surface area contributed by atoms with Gasteiger partial charge in [-0.05, 0) is 6.07 Å². The number of rotatable bonds is 7. The lowest BCUT2D eigenvalue weighted by atomic mass is 10.1. The van der Waals surface area contributed by atoms with Crippen LogP contribution in [0.5, 0.6) is 0 Å². The van der Waals surface area contributed by atoms with Crippen molar-refractivity contribution in [3.05, 3.63) is 39.4 Å². The van der Waals surface area contributed by atoms with Crippen molar-refractivity contribution in [1.82, 2.24) is 5.32 Å². The Morgan fingerprint density at radius 2 is 2.10 bits per heavy atom. The molecule has 1 aromatic carbocycles. The lowest BCUT2D eigenvalue weighted by Crippen LogP contribution is -2.36. The molecule has 0 bridgehead atoms. The minimum atomic E-state index is -1.39. The molecule has 0 saturated carbocycles. The third-order valence-electron chi connectivity index (χ3n) is 2.64. The molecule has 7 nitrogen and oxygen atoms in total. The van der Waals surface area contributed by atoms with Gasteiger partial charge in [-0.1, -0.05) is 0 Å². The van der Waals surface area contributed by atoms with Crippen LogP contribution in [0.4, 0.5) is 14.5 Å². The molecule has 0 aliphatic heterocycles. The molecule has 9 heteroatoms. The normalized spacial score (nSPS) is 12.0. The fourth-order valence-corrected chi connectivity index (χ4v) is 1.57. The van der Waals surface area contributed by atoms with Crippen molar-refractivity contribution in [2.75, 3.05) is 27.4 Å². The predicted octanol–water partition coefficient (Wildman–Crippen LogP) is 1.26. The maximum atomic E-state index is 13.8. The van der Waals surface area contributed by atoms with Crippen molar-refractivity contribution in [3.63, 3.8) is 0 Å². The van der Waals surface area contributed by atoms with Gasteiger partial charge in [-0.3, -0.25) is 14.9 Å². The van der Waals surface area contributed by atoms with E-state index in [4.69, 9.17) is 9.47 Å². The van der Waals surface area contributed by atoms with E-state index >= 15 is 0 Å². The molecule has 0 aliphatic rings. The Balaban J connectivity index is 2.90.